The maximum atomic E-state index is 12.5. The molecule has 1 N–H and O–H groups in total. The molecule has 112 valence electrons. The quantitative estimate of drug-likeness (QED) is 0.888. The summed E-state index contributed by atoms with van der Waals surface area (Å²) in [5.41, 5.74) is -0.363. The SMILES string of the molecule is CCC12CCC(=O)N1c1nc(-n3ccnc3)ncc1NC2=O. The summed E-state index contributed by atoms with van der Waals surface area (Å²) in [7, 11) is 0. The van der Waals surface area contributed by atoms with E-state index in [1.165, 1.54) is 6.20 Å². The second kappa shape index (κ2) is 4.36. The van der Waals surface area contributed by atoms with Crippen LogP contribution < -0.4 is 10.2 Å². The minimum Gasteiger partial charge on any atom is -0.320 e. The van der Waals surface area contributed by atoms with E-state index in [-0.39, 0.29) is 11.8 Å². The van der Waals surface area contributed by atoms with Crippen LogP contribution in [0.3, 0.4) is 0 Å². The molecule has 4 heterocycles. The number of rotatable bonds is 2. The molecule has 8 nitrogen and oxygen atoms in total. The van der Waals surface area contributed by atoms with E-state index in [1.807, 2.05) is 6.92 Å². The molecule has 1 atom stereocenters. The zero-order chi connectivity index (χ0) is 15.3. The largest absolute Gasteiger partial charge is 0.320 e. The number of nitrogens with zero attached hydrogens (tertiary/aromatic N) is 5. The van der Waals surface area contributed by atoms with Crippen LogP contribution in [0.1, 0.15) is 26.2 Å². The van der Waals surface area contributed by atoms with Gasteiger partial charge in [0.15, 0.2) is 5.82 Å². The van der Waals surface area contributed by atoms with Crippen molar-refractivity contribution in [3.8, 4) is 5.95 Å². The lowest BCUT2D eigenvalue weighted by atomic mass is 9.90. The van der Waals surface area contributed by atoms with E-state index in [9.17, 15) is 9.59 Å². The van der Waals surface area contributed by atoms with Crippen molar-refractivity contribution in [2.45, 2.75) is 31.7 Å². The Hall–Kier alpha value is -2.77. The number of nitrogens with one attached hydrogen (secondary N) is 1. The van der Waals surface area contributed by atoms with Gasteiger partial charge < -0.3 is 5.32 Å². The van der Waals surface area contributed by atoms with Crippen molar-refractivity contribution in [3.05, 3.63) is 24.9 Å². The fourth-order valence-electron chi connectivity index (χ4n) is 3.17. The van der Waals surface area contributed by atoms with Gasteiger partial charge in [-0.1, -0.05) is 6.92 Å². The number of imidazole rings is 1. The molecule has 2 aromatic rings. The number of aromatic nitrogens is 4. The highest BCUT2D eigenvalue weighted by Crippen LogP contribution is 2.43. The van der Waals surface area contributed by atoms with Crippen molar-refractivity contribution >= 4 is 23.3 Å². The van der Waals surface area contributed by atoms with Gasteiger partial charge in [0, 0.05) is 18.8 Å². The van der Waals surface area contributed by atoms with Gasteiger partial charge in [-0.3, -0.25) is 19.1 Å². The first kappa shape index (κ1) is 12.9. The van der Waals surface area contributed by atoms with Crippen LogP contribution in [-0.4, -0.2) is 36.9 Å². The molecule has 1 saturated heterocycles. The van der Waals surface area contributed by atoms with Gasteiger partial charge in [-0.2, -0.15) is 4.98 Å². The Bertz CT molecular complexity index is 772. The molecule has 0 bridgehead atoms. The smallest absolute Gasteiger partial charge is 0.250 e. The maximum Gasteiger partial charge on any atom is 0.250 e. The van der Waals surface area contributed by atoms with Crippen LogP contribution in [0.2, 0.25) is 0 Å². The Balaban J connectivity index is 1.90. The van der Waals surface area contributed by atoms with Crippen molar-refractivity contribution in [3.63, 3.8) is 0 Å². The maximum absolute atomic E-state index is 12.5. The van der Waals surface area contributed by atoms with Gasteiger partial charge in [0.2, 0.25) is 11.9 Å². The predicted molar refractivity (Wildman–Crippen MR) is 77.5 cm³/mol. The van der Waals surface area contributed by atoms with Crippen molar-refractivity contribution < 1.29 is 9.59 Å². The Labute approximate surface area is 126 Å². The van der Waals surface area contributed by atoms with E-state index < -0.39 is 5.54 Å². The minimum absolute atomic E-state index is 0.0757. The average molecular weight is 298 g/mol. The van der Waals surface area contributed by atoms with E-state index in [2.05, 4.69) is 20.3 Å². The van der Waals surface area contributed by atoms with Gasteiger partial charge in [0.25, 0.3) is 5.91 Å². The van der Waals surface area contributed by atoms with Gasteiger partial charge >= 0.3 is 0 Å². The Kier molecular flexibility index (Phi) is 2.56. The molecule has 0 spiro atoms. The standard InChI is InChI=1S/C14H14N6O2/c1-2-14-4-3-10(21)20(14)11-9(17-12(14)22)7-16-13(18-11)19-6-5-15-8-19/h5-8H,2-4H2,1H3,(H,17,22). The molecule has 4 rings (SSSR count). The van der Waals surface area contributed by atoms with Crippen LogP contribution in [0.25, 0.3) is 5.95 Å². The van der Waals surface area contributed by atoms with Crippen molar-refractivity contribution in [2.75, 3.05) is 10.2 Å². The molecule has 2 aliphatic rings. The fraction of sp³-hybridized carbons (Fsp3) is 0.357. The highest BCUT2D eigenvalue weighted by molar-refractivity contribution is 6.15. The van der Waals surface area contributed by atoms with E-state index in [4.69, 9.17) is 0 Å². The van der Waals surface area contributed by atoms with Crippen molar-refractivity contribution in [1.29, 1.82) is 0 Å². The first-order valence-electron chi connectivity index (χ1n) is 7.15. The topological polar surface area (TPSA) is 93.0 Å². The lowest BCUT2D eigenvalue weighted by Crippen LogP contribution is -2.57. The average Bonchev–Trinajstić information content (AvgIpc) is 3.16. The molecule has 1 unspecified atom stereocenters. The fourth-order valence-corrected chi connectivity index (χ4v) is 3.17. The molecule has 8 heteroatoms. The Morgan fingerprint density at radius 1 is 1.41 bits per heavy atom. The number of hydrogen-bond donors (Lipinski definition) is 1. The van der Waals surface area contributed by atoms with E-state index in [0.29, 0.717) is 36.7 Å². The highest BCUT2D eigenvalue weighted by Gasteiger charge is 2.54. The molecule has 0 radical (unpaired) electrons. The van der Waals surface area contributed by atoms with Gasteiger partial charge in [0.1, 0.15) is 17.6 Å². The molecule has 0 aromatic carbocycles. The van der Waals surface area contributed by atoms with Gasteiger partial charge in [-0.25, -0.2) is 9.97 Å². The summed E-state index contributed by atoms with van der Waals surface area (Å²) in [6, 6.07) is 0. The highest BCUT2D eigenvalue weighted by atomic mass is 16.2. The molecule has 22 heavy (non-hydrogen) atoms. The van der Waals surface area contributed by atoms with Crippen molar-refractivity contribution in [2.24, 2.45) is 0 Å². The first-order chi connectivity index (χ1) is 10.7. The van der Waals surface area contributed by atoms with Crippen LogP contribution in [-0.2, 0) is 9.59 Å². The second-order valence-electron chi connectivity index (χ2n) is 5.45. The molecule has 2 aliphatic heterocycles. The van der Waals surface area contributed by atoms with Crippen LogP contribution in [0, 0.1) is 0 Å². The number of carbonyl (C=O) groups excluding carboxylic acids is 2. The number of amides is 2. The molecule has 0 aliphatic carbocycles. The second-order valence-corrected chi connectivity index (χ2v) is 5.45. The van der Waals surface area contributed by atoms with Crippen LogP contribution in [0.15, 0.2) is 24.9 Å². The monoisotopic (exact) mass is 298 g/mol. The first-order valence-corrected chi connectivity index (χ1v) is 7.15. The molecular weight excluding hydrogens is 284 g/mol. The number of fused-ring (bicyclic) bond motifs is 3. The minimum atomic E-state index is -0.829. The molecule has 2 amide bonds. The summed E-state index contributed by atoms with van der Waals surface area (Å²) in [6.07, 6.45) is 7.88. The third-order valence-electron chi connectivity index (χ3n) is 4.39. The molecule has 2 aromatic heterocycles. The summed E-state index contributed by atoms with van der Waals surface area (Å²) in [5, 5.41) is 2.83. The number of carbonyl (C=O) groups is 2. The third kappa shape index (κ3) is 1.54. The predicted octanol–water partition coefficient (Wildman–Crippen LogP) is 0.890. The number of hydrogen-bond acceptors (Lipinski definition) is 5. The van der Waals surface area contributed by atoms with Crippen LogP contribution in [0.4, 0.5) is 11.5 Å². The van der Waals surface area contributed by atoms with E-state index >= 15 is 0 Å². The van der Waals surface area contributed by atoms with Crippen molar-refractivity contribution in [1.82, 2.24) is 19.5 Å². The van der Waals surface area contributed by atoms with Gasteiger partial charge in [-0.15, -0.1) is 0 Å². The summed E-state index contributed by atoms with van der Waals surface area (Å²) >= 11 is 0. The number of anilines is 2. The summed E-state index contributed by atoms with van der Waals surface area (Å²) < 4.78 is 1.66. The lowest BCUT2D eigenvalue weighted by Gasteiger charge is -2.40. The normalized spacial score (nSPS) is 23.2. The summed E-state index contributed by atoms with van der Waals surface area (Å²) in [5.74, 6) is 0.639. The van der Waals surface area contributed by atoms with Gasteiger partial charge in [0.05, 0.1) is 6.20 Å². The zero-order valence-corrected chi connectivity index (χ0v) is 12.0. The van der Waals surface area contributed by atoms with E-state index in [0.717, 1.165) is 0 Å². The Morgan fingerprint density at radius 2 is 2.27 bits per heavy atom. The van der Waals surface area contributed by atoms with Crippen LogP contribution in [0.5, 0.6) is 0 Å². The van der Waals surface area contributed by atoms with Gasteiger partial charge in [-0.05, 0) is 12.8 Å². The summed E-state index contributed by atoms with van der Waals surface area (Å²) in [4.78, 5) is 39.0. The van der Waals surface area contributed by atoms with Crippen LogP contribution >= 0.6 is 0 Å². The lowest BCUT2D eigenvalue weighted by molar-refractivity contribution is -0.124. The molecule has 1 fully saturated rings. The van der Waals surface area contributed by atoms with E-state index in [1.54, 1.807) is 28.2 Å². The Morgan fingerprint density at radius 3 is 3.00 bits per heavy atom. The summed E-state index contributed by atoms with van der Waals surface area (Å²) in [6.45, 7) is 1.91. The zero-order valence-electron chi connectivity index (χ0n) is 12.0. The molecule has 0 saturated carbocycles. The third-order valence-corrected chi connectivity index (χ3v) is 4.39. The molecular formula is C14H14N6O2.